The zero-order valence-corrected chi connectivity index (χ0v) is 12.4. The summed E-state index contributed by atoms with van der Waals surface area (Å²) in [6.45, 7) is 0. The lowest BCUT2D eigenvalue weighted by molar-refractivity contribution is 0.679. The average molecular weight is 255 g/mol. The summed E-state index contributed by atoms with van der Waals surface area (Å²) >= 11 is 0. The minimum atomic E-state index is -0.351. The maximum absolute atomic E-state index is 8.03. The Hall–Kier alpha value is -1.91. The van der Waals surface area contributed by atoms with Gasteiger partial charge in [-0.3, -0.25) is 5.41 Å². The van der Waals surface area contributed by atoms with Gasteiger partial charge in [-0.2, -0.15) is 0 Å². The van der Waals surface area contributed by atoms with E-state index in [9.17, 15) is 0 Å². The summed E-state index contributed by atoms with van der Waals surface area (Å²) in [5.74, 6) is 0.365. The standard InChI is InChI=1S/C14H17N3Si/c15-13(10-5-2-1-3-6-10)17-14(16)11-7-4-8-12(18)9-11/h1-9,13H,15H2,18H3,(H2,16,17). The summed E-state index contributed by atoms with van der Waals surface area (Å²) in [7, 11) is 0.987. The van der Waals surface area contributed by atoms with E-state index >= 15 is 0 Å². The smallest absolute Gasteiger partial charge is 0.126 e. The van der Waals surface area contributed by atoms with E-state index in [1.807, 2.05) is 48.5 Å². The number of amidine groups is 1. The molecule has 18 heavy (non-hydrogen) atoms. The molecule has 1 atom stereocenters. The molecule has 0 heterocycles. The topological polar surface area (TPSA) is 61.9 Å². The van der Waals surface area contributed by atoms with Crippen molar-refractivity contribution in [2.45, 2.75) is 6.17 Å². The molecular weight excluding hydrogens is 238 g/mol. The molecular formula is C14H17N3Si. The zero-order chi connectivity index (χ0) is 13.0. The molecule has 0 saturated heterocycles. The van der Waals surface area contributed by atoms with Gasteiger partial charge >= 0.3 is 0 Å². The first-order chi connectivity index (χ1) is 8.66. The third-order valence-corrected chi connectivity index (χ3v) is 3.39. The van der Waals surface area contributed by atoms with Crippen LogP contribution in [0.2, 0.25) is 0 Å². The number of rotatable bonds is 3. The van der Waals surface area contributed by atoms with Crippen molar-refractivity contribution in [1.82, 2.24) is 5.32 Å². The zero-order valence-electron chi connectivity index (χ0n) is 10.4. The number of benzene rings is 2. The van der Waals surface area contributed by atoms with Gasteiger partial charge in [0.15, 0.2) is 0 Å². The molecule has 92 valence electrons. The first kappa shape index (κ1) is 12.5. The second-order valence-electron chi connectivity index (χ2n) is 4.28. The number of nitrogens with one attached hydrogen (secondary N) is 2. The first-order valence-corrected chi connectivity index (χ1v) is 6.89. The highest BCUT2D eigenvalue weighted by atomic mass is 28.1. The van der Waals surface area contributed by atoms with Gasteiger partial charge in [0.05, 0.1) is 0 Å². The van der Waals surface area contributed by atoms with Crippen LogP contribution in [0.25, 0.3) is 0 Å². The molecule has 0 aliphatic rings. The Morgan fingerprint density at radius 1 is 1.11 bits per heavy atom. The highest BCUT2D eigenvalue weighted by Gasteiger charge is 2.08. The fourth-order valence-electron chi connectivity index (χ4n) is 1.78. The summed E-state index contributed by atoms with van der Waals surface area (Å²) < 4.78 is 0. The van der Waals surface area contributed by atoms with Gasteiger partial charge in [0.2, 0.25) is 0 Å². The summed E-state index contributed by atoms with van der Waals surface area (Å²) in [6, 6.07) is 17.7. The molecule has 0 spiro atoms. The van der Waals surface area contributed by atoms with Crippen LogP contribution < -0.4 is 16.2 Å². The van der Waals surface area contributed by atoms with Crippen molar-refractivity contribution in [3.63, 3.8) is 0 Å². The van der Waals surface area contributed by atoms with Gasteiger partial charge in [-0.15, -0.1) is 0 Å². The van der Waals surface area contributed by atoms with Crippen molar-refractivity contribution in [3.05, 3.63) is 65.7 Å². The van der Waals surface area contributed by atoms with E-state index in [1.54, 1.807) is 0 Å². The second kappa shape index (κ2) is 5.62. The molecule has 4 N–H and O–H groups in total. The van der Waals surface area contributed by atoms with E-state index in [0.717, 1.165) is 21.4 Å². The number of hydrogen-bond acceptors (Lipinski definition) is 2. The highest BCUT2D eigenvalue weighted by Crippen LogP contribution is 2.07. The van der Waals surface area contributed by atoms with Gasteiger partial charge in [0.25, 0.3) is 0 Å². The third-order valence-electron chi connectivity index (χ3n) is 2.77. The molecule has 0 radical (unpaired) electrons. The quantitative estimate of drug-likeness (QED) is 0.319. The van der Waals surface area contributed by atoms with Crippen LogP contribution >= 0.6 is 0 Å². The molecule has 2 rings (SSSR count). The largest absolute Gasteiger partial charge is 0.351 e. The van der Waals surface area contributed by atoms with Crippen LogP contribution in [0.15, 0.2) is 54.6 Å². The SMILES string of the molecule is N=C(NC(N)c1ccccc1)c1cccc([SiH3])c1. The molecule has 4 heteroatoms. The maximum atomic E-state index is 8.03. The second-order valence-corrected chi connectivity index (χ2v) is 5.43. The fourth-order valence-corrected chi connectivity index (χ4v) is 2.29. The summed E-state index contributed by atoms with van der Waals surface area (Å²) in [4.78, 5) is 0. The predicted octanol–water partition coefficient (Wildman–Crippen LogP) is 0.250. The lowest BCUT2D eigenvalue weighted by Crippen LogP contribution is -2.34. The minimum Gasteiger partial charge on any atom is -0.351 e. The number of hydrogen-bond donors (Lipinski definition) is 3. The van der Waals surface area contributed by atoms with Crippen LogP contribution in [0.5, 0.6) is 0 Å². The molecule has 0 aromatic heterocycles. The molecule has 2 aromatic carbocycles. The van der Waals surface area contributed by atoms with Crippen LogP contribution in [0.3, 0.4) is 0 Å². The van der Waals surface area contributed by atoms with Gasteiger partial charge < -0.3 is 11.1 Å². The average Bonchev–Trinajstić information content (AvgIpc) is 2.39. The highest BCUT2D eigenvalue weighted by molar-refractivity contribution is 6.32. The van der Waals surface area contributed by atoms with E-state index in [0.29, 0.717) is 5.84 Å². The predicted molar refractivity (Wildman–Crippen MR) is 79.3 cm³/mol. The van der Waals surface area contributed by atoms with Crippen LogP contribution in [-0.2, 0) is 0 Å². The van der Waals surface area contributed by atoms with Crippen LogP contribution in [-0.4, -0.2) is 16.1 Å². The summed E-state index contributed by atoms with van der Waals surface area (Å²) in [6.07, 6.45) is -0.351. The van der Waals surface area contributed by atoms with E-state index in [1.165, 1.54) is 5.19 Å². The monoisotopic (exact) mass is 255 g/mol. The molecule has 0 bridgehead atoms. The first-order valence-electron chi connectivity index (χ1n) is 5.89. The van der Waals surface area contributed by atoms with Gasteiger partial charge in [-0.1, -0.05) is 59.8 Å². The Morgan fingerprint density at radius 3 is 2.50 bits per heavy atom. The van der Waals surface area contributed by atoms with Crippen molar-refractivity contribution in [2.75, 3.05) is 0 Å². The van der Waals surface area contributed by atoms with Crippen molar-refractivity contribution in [1.29, 1.82) is 5.41 Å². The third kappa shape index (κ3) is 3.06. The number of nitrogens with two attached hydrogens (primary N) is 1. The van der Waals surface area contributed by atoms with Crippen LogP contribution in [0.1, 0.15) is 17.3 Å². The molecule has 2 aromatic rings. The molecule has 0 aliphatic carbocycles. The molecule has 0 fully saturated rings. The molecule has 3 nitrogen and oxygen atoms in total. The van der Waals surface area contributed by atoms with E-state index in [4.69, 9.17) is 11.1 Å². The Morgan fingerprint density at radius 2 is 1.83 bits per heavy atom. The van der Waals surface area contributed by atoms with Gasteiger partial charge in [0.1, 0.15) is 12.0 Å². The lowest BCUT2D eigenvalue weighted by Gasteiger charge is -2.16. The van der Waals surface area contributed by atoms with Gasteiger partial charge in [0, 0.05) is 15.8 Å². The Balaban J connectivity index is 2.08. The van der Waals surface area contributed by atoms with Gasteiger partial charge in [-0.05, 0) is 5.56 Å². The van der Waals surface area contributed by atoms with Crippen molar-refractivity contribution >= 4 is 21.3 Å². The Kier molecular flexibility index (Phi) is 3.91. The van der Waals surface area contributed by atoms with Crippen LogP contribution in [0.4, 0.5) is 0 Å². The summed E-state index contributed by atoms with van der Waals surface area (Å²) in [5, 5.41) is 12.3. The normalized spacial score (nSPS) is 12.1. The lowest BCUT2D eigenvalue weighted by atomic mass is 10.1. The fraction of sp³-hybridized carbons (Fsp3) is 0.0714. The Labute approximate surface area is 110 Å². The van der Waals surface area contributed by atoms with E-state index < -0.39 is 0 Å². The van der Waals surface area contributed by atoms with Crippen LogP contribution in [0, 0.1) is 5.41 Å². The summed E-state index contributed by atoms with van der Waals surface area (Å²) in [5.41, 5.74) is 7.89. The van der Waals surface area contributed by atoms with Crippen molar-refractivity contribution in [2.24, 2.45) is 5.73 Å². The minimum absolute atomic E-state index is 0.351. The molecule has 0 amide bonds. The van der Waals surface area contributed by atoms with E-state index in [2.05, 4.69) is 11.4 Å². The van der Waals surface area contributed by atoms with Crippen molar-refractivity contribution < 1.29 is 0 Å². The molecule has 0 aliphatic heterocycles. The Bertz CT molecular complexity index is 540. The molecule has 0 saturated carbocycles. The van der Waals surface area contributed by atoms with Crippen molar-refractivity contribution in [3.8, 4) is 0 Å². The molecule has 1 unspecified atom stereocenters. The van der Waals surface area contributed by atoms with Gasteiger partial charge in [-0.25, -0.2) is 0 Å². The van der Waals surface area contributed by atoms with E-state index in [-0.39, 0.29) is 6.17 Å². The maximum Gasteiger partial charge on any atom is 0.126 e.